The molecule has 0 amide bonds. The summed E-state index contributed by atoms with van der Waals surface area (Å²) in [7, 11) is -2.99. The van der Waals surface area contributed by atoms with Gasteiger partial charge in [0, 0.05) is 28.0 Å². The molecule has 1 saturated heterocycles. The van der Waals surface area contributed by atoms with E-state index in [0.717, 1.165) is 20.2 Å². The molecule has 0 bridgehead atoms. The first-order valence-corrected chi connectivity index (χ1v) is 22.9. The molecule has 4 aromatic carbocycles. The highest BCUT2D eigenvalue weighted by molar-refractivity contribution is 8.89. The maximum atomic E-state index is 15.0. The average molecular weight is 745 g/mol. The molecule has 1 aromatic heterocycles. The van der Waals surface area contributed by atoms with E-state index < -0.39 is 43.8 Å². The Labute approximate surface area is 301 Å². The third-order valence-electron chi connectivity index (χ3n) is 8.70. The molecule has 1 aliphatic rings. The van der Waals surface area contributed by atoms with Gasteiger partial charge in [0.1, 0.15) is 12.3 Å². The summed E-state index contributed by atoms with van der Waals surface area (Å²) in [5.41, 5.74) is -0.660. The van der Waals surface area contributed by atoms with Gasteiger partial charge in [-0.05, 0) is 69.4 Å². The monoisotopic (exact) mass is 744 g/mol. The van der Waals surface area contributed by atoms with Crippen molar-refractivity contribution < 1.29 is 18.3 Å². The minimum Gasteiger partial charge on any atom is -0.405 e. The number of hydrogen-bond acceptors (Lipinski definition) is 8. The predicted octanol–water partition coefficient (Wildman–Crippen LogP) is 7.79. The topological polar surface area (TPSA) is 99.6 Å². The Morgan fingerprint density at radius 3 is 1.78 bits per heavy atom. The van der Waals surface area contributed by atoms with Gasteiger partial charge in [-0.3, -0.25) is 18.9 Å². The van der Waals surface area contributed by atoms with Crippen LogP contribution in [0.2, 0.25) is 5.04 Å². The van der Waals surface area contributed by atoms with Crippen LogP contribution in [0.4, 0.5) is 0 Å². The van der Waals surface area contributed by atoms with Crippen LogP contribution in [-0.2, 0) is 18.3 Å². The van der Waals surface area contributed by atoms with Gasteiger partial charge >= 0.3 is 11.5 Å². The summed E-state index contributed by atoms with van der Waals surface area (Å²) in [5.74, 6) is -3.55. The van der Waals surface area contributed by atoms with E-state index in [4.69, 9.17) is 13.7 Å². The Balaban J connectivity index is 1.40. The normalized spacial score (nSPS) is 18.3. The van der Waals surface area contributed by atoms with Gasteiger partial charge in [-0.25, -0.2) is 4.79 Å². The fourth-order valence-electron chi connectivity index (χ4n) is 6.35. The molecule has 5 aromatic rings. The third kappa shape index (κ3) is 8.05. The summed E-state index contributed by atoms with van der Waals surface area (Å²) in [5, 5.41) is 1.94. The Morgan fingerprint density at radius 1 is 0.820 bits per heavy atom. The summed E-state index contributed by atoms with van der Waals surface area (Å²) in [6.45, 7) is 8.38. The maximum absolute atomic E-state index is 15.0. The van der Waals surface area contributed by atoms with Crippen LogP contribution in [0.15, 0.2) is 147 Å². The highest BCUT2D eigenvalue weighted by Gasteiger charge is 2.52. The van der Waals surface area contributed by atoms with E-state index in [9.17, 15) is 14.2 Å². The minimum absolute atomic E-state index is 0.123. The van der Waals surface area contributed by atoms with Gasteiger partial charge in [-0.2, -0.15) is 0 Å². The van der Waals surface area contributed by atoms with Gasteiger partial charge < -0.3 is 13.7 Å². The highest BCUT2D eigenvalue weighted by atomic mass is 33.1. The zero-order chi connectivity index (χ0) is 35.4. The third-order valence-corrected chi connectivity index (χ3v) is 20.1. The van der Waals surface area contributed by atoms with Crippen molar-refractivity contribution in [2.24, 2.45) is 0 Å². The quantitative estimate of drug-likeness (QED) is 0.102. The van der Waals surface area contributed by atoms with Crippen LogP contribution < -0.4 is 21.6 Å². The molecule has 260 valence electrons. The van der Waals surface area contributed by atoms with Crippen molar-refractivity contribution in [3.63, 3.8) is 0 Å². The fourth-order valence-corrected chi connectivity index (χ4v) is 17.9. The molecule has 0 radical (unpaired) electrons. The van der Waals surface area contributed by atoms with Crippen LogP contribution in [-0.4, -0.2) is 36.7 Å². The standard InChI is InChI=1S/C38H41N2O6PS2Si/c1-28-26-40(37(42)39-36(28)41)35-25-33(46-47(43,48-29-17-9-5-10-18-29)49-30-19-11-6-12-20-30)34(45-35)27-44-50(38(2,3)4,31-21-13-7-14-22-31)32-23-15-8-16-24-32/h5-24,26,33-35H,25,27H2,1-4H3,(H,39,41,42)/t33-,34+,35+/m0/s1. The molecule has 8 nitrogen and oxygen atoms in total. The van der Waals surface area contributed by atoms with E-state index in [1.807, 2.05) is 97.1 Å². The van der Waals surface area contributed by atoms with Gasteiger partial charge in [0.15, 0.2) is 0 Å². The average Bonchev–Trinajstić information content (AvgIpc) is 3.49. The van der Waals surface area contributed by atoms with Crippen LogP contribution in [0.3, 0.4) is 0 Å². The SMILES string of the molecule is Cc1cn([C@H]2C[C@H](OP(=O)(Sc3ccccc3)Sc3ccccc3)[C@@H](CO[Si](c3ccccc3)(c3ccccc3)C(C)(C)C)O2)c(=O)[nH]c1=O. The van der Waals surface area contributed by atoms with Crippen LogP contribution in [0.1, 0.15) is 39.0 Å². The highest BCUT2D eigenvalue weighted by Crippen LogP contribution is 2.75. The Bertz CT molecular complexity index is 1960. The van der Waals surface area contributed by atoms with Gasteiger partial charge in [0.05, 0.1) is 12.7 Å². The molecule has 3 atom stereocenters. The molecule has 50 heavy (non-hydrogen) atoms. The molecule has 2 heterocycles. The molecule has 0 aliphatic carbocycles. The van der Waals surface area contributed by atoms with Crippen molar-refractivity contribution >= 4 is 47.2 Å². The van der Waals surface area contributed by atoms with Gasteiger partial charge in [0.25, 0.3) is 13.9 Å². The number of ether oxygens (including phenoxy) is 1. The number of aromatic amines is 1. The second-order valence-electron chi connectivity index (χ2n) is 13.2. The van der Waals surface area contributed by atoms with E-state index in [2.05, 4.69) is 50.0 Å². The summed E-state index contributed by atoms with van der Waals surface area (Å²) < 4.78 is 37.0. The maximum Gasteiger partial charge on any atom is 0.330 e. The lowest BCUT2D eigenvalue weighted by atomic mass is 10.2. The molecule has 1 fully saturated rings. The van der Waals surface area contributed by atoms with Crippen LogP contribution in [0.5, 0.6) is 0 Å². The van der Waals surface area contributed by atoms with E-state index in [1.165, 1.54) is 33.5 Å². The van der Waals surface area contributed by atoms with Gasteiger partial charge in [-0.1, -0.05) is 118 Å². The van der Waals surface area contributed by atoms with Crippen molar-refractivity contribution in [1.29, 1.82) is 0 Å². The van der Waals surface area contributed by atoms with Crippen molar-refractivity contribution in [2.75, 3.05) is 6.61 Å². The van der Waals surface area contributed by atoms with Crippen LogP contribution >= 0.6 is 28.5 Å². The van der Waals surface area contributed by atoms with E-state index in [0.29, 0.717) is 5.56 Å². The number of nitrogens with zero attached hydrogens (tertiary/aromatic N) is 1. The van der Waals surface area contributed by atoms with Crippen molar-refractivity contribution in [3.05, 3.63) is 154 Å². The lowest BCUT2D eigenvalue weighted by Gasteiger charge is -2.43. The van der Waals surface area contributed by atoms with Crippen molar-refractivity contribution in [3.8, 4) is 0 Å². The van der Waals surface area contributed by atoms with Crippen molar-refractivity contribution in [2.45, 2.75) is 67.4 Å². The summed E-state index contributed by atoms with van der Waals surface area (Å²) in [6, 6.07) is 39.7. The Morgan fingerprint density at radius 2 is 1.30 bits per heavy atom. The molecule has 0 unspecified atom stereocenters. The van der Waals surface area contributed by atoms with Crippen molar-refractivity contribution in [1.82, 2.24) is 9.55 Å². The Hall–Kier alpha value is -3.41. The predicted molar refractivity (Wildman–Crippen MR) is 205 cm³/mol. The molecule has 6 rings (SSSR count). The number of hydrogen-bond donors (Lipinski definition) is 1. The zero-order valence-electron chi connectivity index (χ0n) is 28.4. The number of nitrogens with one attached hydrogen (secondary N) is 1. The van der Waals surface area contributed by atoms with Crippen LogP contribution in [0, 0.1) is 6.92 Å². The van der Waals surface area contributed by atoms with Gasteiger partial charge in [-0.15, -0.1) is 0 Å². The molecule has 0 spiro atoms. The number of aryl methyl sites for hydroxylation is 1. The minimum atomic E-state index is -3.55. The zero-order valence-corrected chi connectivity index (χ0v) is 32.0. The smallest absolute Gasteiger partial charge is 0.330 e. The van der Waals surface area contributed by atoms with E-state index >= 15 is 0 Å². The first-order chi connectivity index (χ1) is 24.0. The lowest BCUT2D eigenvalue weighted by Crippen LogP contribution is -2.67. The number of aromatic nitrogens is 2. The van der Waals surface area contributed by atoms with Crippen LogP contribution in [0.25, 0.3) is 0 Å². The summed E-state index contributed by atoms with van der Waals surface area (Å²) >= 11 is 2.39. The second kappa shape index (κ2) is 15.5. The molecular weight excluding hydrogens is 704 g/mol. The number of rotatable bonds is 12. The van der Waals surface area contributed by atoms with E-state index in [-0.39, 0.29) is 18.1 Å². The first-order valence-electron chi connectivity index (χ1n) is 16.5. The lowest BCUT2D eigenvalue weighted by molar-refractivity contribution is -0.0379. The molecular formula is C38H41N2O6PS2Si. The summed E-state index contributed by atoms with van der Waals surface area (Å²) in [6.07, 6.45) is -0.467. The summed E-state index contributed by atoms with van der Waals surface area (Å²) in [4.78, 5) is 29.3. The molecule has 1 aliphatic heterocycles. The largest absolute Gasteiger partial charge is 0.405 e. The fraction of sp³-hybridized carbons (Fsp3) is 0.263. The Kier molecular flexibility index (Phi) is 11.2. The number of benzene rings is 4. The van der Waals surface area contributed by atoms with Gasteiger partial charge in [0.2, 0.25) is 0 Å². The molecule has 12 heteroatoms. The number of H-pyrrole nitrogens is 1. The molecule has 1 N–H and O–H groups in total. The first kappa shape index (κ1) is 36.4. The van der Waals surface area contributed by atoms with E-state index in [1.54, 1.807) is 6.92 Å². The second-order valence-corrected chi connectivity index (χ2v) is 24.6. The molecule has 0 saturated carbocycles.